The second-order valence-electron chi connectivity index (χ2n) is 4.16. The topological polar surface area (TPSA) is 93.4 Å². The van der Waals surface area contributed by atoms with Gasteiger partial charge in [0.25, 0.3) is 0 Å². The van der Waals surface area contributed by atoms with E-state index in [1.165, 1.54) is 25.1 Å². The number of nitrogens with zero attached hydrogens (tertiary/aromatic N) is 2. The number of hydrogen-bond acceptors (Lipinski definition) is 3. The molecule has 0 aliphatic carbocycles. The molecule has 1 atom stereocenters. The van der Waals surface area contributed by atoms with Crippen molar-refractivity contribution in [3.63, 3.8) is 0 Å². The molecule has 0 spiro atoms. The highest BCUT2D eigenvalue weighted by Gasteiger charge is 2.39. The molecule has 7 heteroatoms. The van der Waals surface area contributed by atoms with Crippen LogP contribution in [0.25, 0.3) is 0 Å². The number of imide groups is 1. The van der Waals surface area contributed by atoms with Gasteiger partial charge in [-0.25, -0.2) is 18.9 Å². The molecular weight excluding hydrogens is 265 g/mol. The number of nitriles is 1. The fourth-order valence-electron chi connectivity index (χ4n) is 2.07. The van der Waals surface area contributed by atoms with Crippen LogP contribution >= 0.6 is 0 Å². The molecule has 20 heavy (non-hydrogen) atoms. The van der Waals surface area contributed by atoms with E-state index in [0.717, 1.165) is 6.07 Å². The van der Waals surface area contributed by atoms with Crippen LogP contribution in [0.2, 0.25) is 0 Å². The fourth-order valence-corrected chi connectivity index (χ4v) is 2.07. The normalized spacial score (nSPS) is 18.6. The first-order valence-corrected chi connectivity index (χ1v) is 5.65. The number of amides is 3. The van der Waals surface area contributed by atoms with Crippen molar-refractivity contribution < 1.29 is 19.1 Å². The maximum Gasteiger partial charge on any atom is 0.416 e. The predicted molar refractivity (Wildman–Crippen MR) is 65.8 cm³/mol. The Morgan fingerprint density at radius 1 is 1.50 bits per heavy atom. The van der Waals surface area contributed by atoms with Crippen LogP contribution in [0.15, 0.2) is 35.5 Å². The highest BCUT2D eigenvalue weighted by Crippen LogP contribution is 2.34. The van der Waals surface area contributed by atoms with Crippen LogP contribution in [-0.2, 0) is 0 Å². The van der Waals surface area contributed by atoms with Gasteiger partial charge in [-0.15, -0.1) is 0 Å². The summed E-state index contributed by atoms with van der Waals surface area (Å²) in [5.74, 6) is -0.681. The summed E-state index contributed by atoms with van der Waals surface area (Å²) in [5, 5.41) is 20.6. The number of hydrogen-bond donors (Lipinski definition) is 2. The molecule has 0 aromatic heterocycles. The van der Waals surface area contributed by atoms with Gasteiger partial charge in [-0.2, -0.15) is 5.26 Å². The minimum atomic E-state index is -1.56. The van der Waals surface area contributed by atoms with E-state index in [1.807, 2.05) is 6.07 Å². The Morgan fingerprint density at radius 3 is 2.70 bits per heavy atom. The first-order valence-electron chi connectivity index (χ1n) is 5.65. The molecule has 3 amide bonds. The third-order valence-electron chi connectivity index (χ3n) is 2.98. The maximum atomic E-state index is 13.9. The molecule has 1 aromatic carbocycles. The number of allylic oxidation sites excluding steroid dienone is 1. The number of carbonyl (C=O) groups excluding carboxylic acids is 1. The van der Waals surface area contributed by atoms with Gasteiger partial charge in [0.2, 0.25) is 0 Å². The molecule has 1 aromatic rings. The third kappa shape index (κ3) is 2.07. The van der Waals surface area contributed by atoms with Crippen molar-refractivity contribution in [3.8, 4) is 6.07 Å². The molecule has 2 N–H and O–H groups in total. The molecule has 0 bridgehead atoms. The number of nitrogens with one attached hydrogen (secondary N) is 1. The molecule has 1 unspecified atom stereocenters. The summed E-state index contributed by atoms with van der Waals surface area (Å²) in [6.07, 6.45) is -1.56. The van der Waals surface area contributed by atoms with Crippen LogP contribution < -0.4 is 5.32 Å². The van der Waals surface area contributed by atoms with E-state index in [9.17, 15) is 14.0 Å². The second kappa shape index (κ2) is 5.01. The Bertz CT molecular complexity index is 663. The van der Waals surface area contributed by atoms with Gasteiger partial charge in [-0.05, 0) is 13.0 Å². The molecule has 102 valence electrons. The minimum Gasteiger partial charge on any atom is -0.465 e. The van der Waals surface area contributed by atoms with E-state index in [4.69, 9.17) is 10.4 Å². The van der Waals surface area contributed by atoms with Crippen LogP contribution in [0.3, 0.4) is 0 Å². The lowest BCUT2D eigenvalue weighted by Gasteiger charge is -2.32. The molecule has 0 saturated carbocycles. The summed E-state index contributed by atoms with van der Waals surface area (Å²) >= 11 is 0. The highest BCUT2D eigenvalue weighted by atomic mass is 19.1. The second-order valence-corrected chi connectivity index (χ2v) is 4.16. The van der Waals surface area contributed by atoms with Crippen LogP contribution in [-0.4, -0.2) is 22.1 Å². The Morgan fingerprint density at radius 2 is 2.15 bits per heavy atom. The van der Waals surface area contributed by atoms with Gasteiger partial charge in [0.05, 0.1) is 11.6 Å². The zero-order valence-electron chi connectivity index (χ0n) is 10.4. The summed E-state index contributed by atoms with van der Waals surface area (Å²) < 4.78 is 13.9. The smallest absolute Gasteiger partial charge is 0.416 e. The lowest BCUT2D eigenvalue weighted by molar-refractivity contribution is 0.135. The lowest BCUT2D eigenvalue weighted by atomic mass is 9.94. The highest BCUT2D eigenvalue weighted by molar-refractivity contribution is 5.93. The molecule has 1 heterocycles. The van der Waals surface area contributed by atoms with Crippen molar-refractivity contribution in [3.05, 3.63) is 46.9 Å². The molecule has 1 aliphatic rings. The van der Waals surface area contributed by atoms with Gasteiger partial charge in [-0.3, -0.25) is 0 Å². The minimum absolute atomic E-state index is 0.0166. The number of halogens is 1. The molecule has 0 saturated heterocycles. The Balaban J connectivity index is 2.68. The Labute approximate surface area is 113 Å². The Hall–Kier alpha value is -2.88. The van der Waals surface area contributed by atoms with E-state index in [1.54, 1.807) is 0 Å². The molecule has 0 fully saturated rings. The summed E-state index contributed by atoms with van der Waals surface area (Å²) in [4.78, 5) is 23.4. The van der Waals surface area contributed by atoms with E-state index in [2.05, 4.69) is 5.32 Å². The monoisotopic (exact) mass is 275 g/mol. The number of carboxylic acid groups (broad SMARTS) is 1. The zero-order chi connectivity index (χ0) is 14.9. The van der Waals surface area contributed by atoms with Crippen molar-refractivity contribution in [2.24, 2.45) is 0 Å². The van der Waals surface area contributed by atoms with Gasteiger partial charge in [0.15, 0.2) is 0 Å². The molecule has 0 radical (unpaired) electrons. The molecule has 2 rings (SSSR count). The van der Waals surface area contributed by atoms with E-state index in [0.29, 0.717) is 4.90 Å². The van der Waals surface area contributed by atoms with Gasteiger partial charge >= 0.3 is 12.1 Å². The predicted octanol–water partition coefficient (Wildman–Crippen LogP) is 2.37. The fraction of sp³-hybridized carbons (Fsp3) is 0.154. The third-order valence-corrected chi connectivity index (χ3v) is 2.98. The molecule has 1 aliphatic heterocycles. The number of urea groups is 1. The average Bonchev–Trinajstić information content (AvgIpc) is 2.38. The van der Waals surface area contributed by atoms with Gasteiger partial charge in [0, 0.05) is 11.3 Å². The summed E-state index contributed by atoms with van der Waals surface area (Å²) in [6.45, 7) is 1.46. The standard InChI is InChI=1S/C13H10FN3O3/c1-7-9(6-15)11(8-4-2-3-5-10(8)14)17(13(19)20)12(18)16-7/h2-5,11H,1H3,(H,16,18)(H,19,20). The van der Waals surface area contributed by atoms with Crippen molar-refractivity contribution in [2.45, 2.75) is 13.0 Å². The first kappa shape index (κ1) is 13.5. The first-order chi connectivity index (χ1) is 9.47. The average molecular weight is 275 g/mol. The molecular formula is C13H10FN3O3. The van der Waals surface area contributed by atoms with E-state index < -0.39 is 24.0 Å². The van der Waals surface area contributed by atoms with Crippen molar-refractivity contribution in [1.82, 2.24) is 10.2 Å². The van der Waals surface area contributed by atoms with Gasteiger partial charge in [0.1, 0.15) is 11.9 Å². The summed E-state index contributed by atoms with van der Waals surface area (Å²) in [6, 6.07) is 5.07. The van der Waals surface area contributed by atoms with Crippen LogP contribution in [0.5, 0.6) is 0 Å². The Kier molecular flexibility index (Phi) is 3.39. The van der Waals surface area contributed by atoms with E-state index in [-0.39, 0.29) is 16.8 Å². The number of benzene rings is 1. The maximum absolute atomic E-state index is 13.9. The van der Waals surface area contributed by atoms with Crippen molar-refractivity contribution in [1.29, 1.82) is 5.26 Å². The quantitative estimate of drug-likeness (QED) is 0.822. The van der Waals surface area contributed by atoms with Gasteiger partial charge < -0.3 is 10.4 Å². The van der Waals surface area contributed by atoms with Gasteiger partial charge in [-0.1, -0.05) is 18.2 Å². The molecule has 6 nitrogen and oxygen atoms in total. The lowest BCUT2D eigenvalue weighted by Crippen LogP contribution is -2.49. The van der Waals surface area contributed by atoms with E-state index >= 15 is 0 Å². The zero-order valence-corrected chi connectivity index (χ0v) is 10.4. The summed E-state index contributed by atoms with van der Waals surface area (Å²) in [7, 11) is 0. The van der Waals surface area contributed by atoms with Crippen LogP contribution in [0, 0.1) is 17.1 Å². The summed E-state index contributed by atoms with van der Waals surface area (Å²) in [5.41, 5.74) is 0.154. The largest absolute Gasteiger partial charge is 0.465 e. The number of rotatable bonds is 1. The van der Waals surface area contributed by atoms with Crippen molar-refractivity contribution in [2.75, 3.05) is 0 Å². The van der Waals surface area contributed by atoms with Crippen LogP contribution in [0.4, 0.5) is 14.0 Å². The SMILES string of the molecule is CC1=C(C#N)C(c2ccccc2F)N(C(=O)O)C(=O)N1. The van der Waals surface area contributed by atoms with Crippen LogP contribution in [0.1, 0.15) is 18.5 Å². The van der Waals surface area contributed by atoms with Crippen molar-refractivity contribution >= 4 is 12.1 Å². The number of carbonyl (C=O) groups is 2.